The molecule has 2 atom stereocenters. The van der Waals surface area contributed by atoms with E-state index in [9.17, 15) is 5.11 Å². The molecular formula is C13H20ClNOS. The molecule has 2 N–H and O–H groups in total. The van der Waals surface area contributed by atoms with Crippen molar-refractivity contribution in [1.29, 1.82) is 0 Å². The summed E-state index contributed by atoms with van der Waals surface area (Å²) in [6, 6.07) is 1.98. The smallest absolute Gasteiger partial charge is 0.0774 e. The quantitative estimate of drug-likeness (QED) is 0.881. The van der Waals surface area contributed by atoms with Crippen LogP contribution >= 0.6 is 22.9 Å². The van der Waals surface area contributed by atoms with Crippen LogP contribution in [-0.2, 0) is 6.54 Å². The average molecular weight is 274 g/mol. The number of rotatable bonds is 4. The number of thiophene rings is 1. The summed E-state index contributed by atoms with van der Waals surface area (Å²) in [6.45, 7) is 3.71. The fourth-order valence-corrected chi connectivity index (χ4v) is 3.70. The van der Waals surface area contributed by atoms with Crippen molar-refractivity contribution >= 4 is 22.9 Å². The van der Waals surface area contributed by atoms with Crippen molar-refractivity contribution in [2.24, 2.45) is 5.92 Å². The van der Waals surface area contributed by atoms with Crippen molar-refractivity contribution in [1.82, 2.24) is 5.32 Å². The van der Waals surface area contributed by atoms with Gasteiger partial charge in [0, 0.05) is 23.3 Å². The van der Waals surface area contributed by atoms with Crippen LogP contribution in [0.25, 0.3) is 0 Å². The van der Waals surface area contributed by atoms with E-state index in [-0.39, 0.29) is 0 Å². The zero-order valence-electron chi connectivity index (χ0n) is 10.2. The Kier molecular flexibility index (Phi) is 4.47. The highest BCUT2D eigenvalue weighted by atomic mass is 35.5. The van der Waals surface area contributed by atoms with Gasteiger partial charge in [0.25, 0.3) is 0 Å². The molecule has 4 heteroatoms. The summed E-state index contributed by atoms with van der Waals surface area (Å²) < 4.78 is 0. The second-order valence-electron chi connectivity index (χ2n) is 5.26. The number of hydrogen-bond acceptors (Lipinski definition) is 3. The maximum absolute atomic E-state index is 10.4. The predicted octanol–water partition coefficient (Wildman–Crippen LogP) is 3.43. The summed E-state index contributed by atoms with van der Waals surface area (Å²) in [6.07, 6.45) is 4.24. The van der Waals surface area contributed by atoms with E-state index in [1.165, 1.54) is 11.3 Å². The van der Waals surface area contributed by atoms with Crippen LogP contribution in [0.1, 0.15) is 37.5 Å². The van der Waals surface area contributed by atoms with Gasteiger partial charge in [0.2, 0.25) is 0 Å². The van der Waals surface area contributed by atoms with E-state index >= 15 is 0 Å². The van der Waals surface area contributed by atoms with Crippen LogP contribution in [0, 0.1) is 5.92 Å². The molecule has 1 aromatic rings. The SMILES string of the molecule is CC1CCCC(O)(CNCc2cc(Cl)cs2)C1. The lowest BCUT2D eigenvalue weighted by molar-refractivity contribution is -0.0118. The summed E-state index contributed by atoms with van der Waals surface area (Å²) in [7, 11) is 0. The molecule has 96 valence electrons. The Morgan fingerprint density at radius 1 is 1.65 bits per heavy atom. The third kappa shape index (κ3) is 3.95. The number of nitrogens with one attached hydrogen (secondary N) is 1. The summed E-state index contributed by atoms with van der Waals surface area (Å²) in [4.78, 5) is 1.22. The van der Waals surface area contributed by atoms with Gasteiger partial charge >= 0.3 is 0 Å². The van der Waals surface area contributed by atoms with Gasteiger partial charge in [-0.15, -0.1) is 11.3 Å². The van der Waals surface area contributed by atoms with Gasteiger partial charge in [-0.25, -0.2) is 0 Å². The molecule has 1 heterocycles. The molecule has 0 spiro atoms. The van der Waals surface area contributed by atoms with Crippen molar-refractivity contribution in [2.75, 3.05) is 6.54 Å². The molecule has 0 bridgehead atoms. The highest BCUT2D eigenvalue weighted by Crippen LogP contribution is 2.31. The minimum absolute atomic E-state index is 0.501. The largest absolute Gasteiger partial charge is 0.389 e. The van der Waals surface area contributed by atoms with E-state index in [0.717, 1.165) is 30.8 Å². The van der Waals surface area contributed by atoms with E-state index in [1.807, 2.05) is 11.4 Å². The molecule has 0 radical (unpaired) electrons. The molecule has 0 aromatic carbocycles. The molecule has 1 saturated carbocycles. The second-order valence-corrected chi connectivity index (χ2v) is 6.69. The molecule has 1 aromatic heterocycles. The van der Waals surface area contributed by atoms with E-state index in [4.69, 9.17) is 11.6 Å². The van der Waals surface area contributed by atoms with Gasteiger partial charge in [-0.3, -0.25) is 0 Å². The van der Waals surface area contributed by atoms with Gasteiger partial charge in [-0.1, -0.05) is 31.4 Å². The van der Waals surface area contributed by atoms with Gasteiger partial charge in [-0.2, -0.15) is 0 Å². The fraction of sp³-hybridized carbons (Fsp3) is 0.692. The molecule has 1 aliphatic rings. The van der Waals surface area contributed by atoms with E-state index in [0.29, 0.717) is 12.5 Å². The molecule has 2 unspecified atom stereocenters. The van der Waals surface area contributed by atoms with Gasteiger partial charge in [0.1, 0.15) is 0 Å². The van der Waals surface area contributed by atoms with Crippen LogP contribution in [0.15, 0.2) is 11.4 Å². The highest BCUT2D eigenvalue weighted by molar-refractivity contribution is 7.10. The second kappa shape index (κ2) is 5.70. The van der Waals surface area contributed by atoms with Crippen molar-refractivity contribution in [3.8, 4) is 0 Å². The molecule has 0 aliphatic heterocycles. The predicted molar refractivity (Wildman–Crippen MR) is 73.6 cm³/mol. The van der Waals surface area contributed by atoms with E-state index in [1.54, 1.807) is 11.3 Å². The number of hydrogen-bond donors (Lipinski definition) is 2. The van der Waals surface area contributed by atoms with Gasteiger partial charge in [0.05, 0.1) is 10.6 Å². The number of halogens is 1. The molecular weight excluding hydrogens is 254 g/mol. The summed E-state index contributed by atoms with van der Waals surface area (Å²) >= 11 is 7.53. The Labute approximate surface area is 112 Å². The van der Waals surface area contributed by atoms with Crippen molar-refractivity contribution in [2.45, 2.75) is 44.8 Å². The molecule has 0 saturated heterocycles. The minimum Gasteiger partial charge on any atom is -0.389 e. The van der Waals surface area contributed by atoms with Crippen molar-refractivity contribution < 1.29 is 5.11 Å². The molecule has 17 heavy (non-hydrogen) atoms. The summed E-state index contributed by atoms with van der Waals surface area (Å²) in [5.74, 6) is 0.645. The summed E-state index contributed by atoms with van der Waals surface area (Å²) in [5.41, 5.74) is -0.501. The summed E-state index contributed by atoms with van der Waals surface area (Å²) in [5, 5.41) is 16.5. The Morgan fingerprint density at radius 3 is 3.12 bits per heavy atom. The maximum Gasteiger partial charge on any atom is 0.0774 e. The lowest BCUT2D eigenvalue weighted by Crippen LogP contribution is -2.43. The van der Waals surface area contributed by atoms with Gasteiger partial charge in [-0.05, 0) is 24.8 Å². The van der Waals surface area contributed by atoms with Gasteiger partial charge in [0.15, 0.2) is 0 Å². The van der Waals surface area contributed by atoms with Crippen LogP contribution in [-0.4, -0.2) is 17.3 Å². The third-order valence-corrected chi connectivity index (χ3v) is 4.73. The first-order valence-electron chi connectivity index (χ1n) is 6.23. The zero-order chi connectivity index (χ0) is 12.3. The normalized spacial score (nSPS) is 29.5. The lowest BCUT2D eigenvalue weighted by Gasteiger charge is -2.35. The molecule has 1 aliphatic carbocycles. The topological polar surface area (TPSA) is 32.3 Å². The highest BCUT2D eigenvalue weighted by Gasteiger charge is 2.31. The Hall–Kier alpha value is -0.0900. The van der Waals surface area contributed by atoms with Crippen molar-refractivity contribution in [3.63, 3.8) is 0 Å². The fourth-order valence-electron chi connectivity index (χ4n) is 2.66. The zero-order valence-corrected chi connectivity index (χ0v) is 11.8. The van der Waals surface area contributed by atoms with Crippen LogP contribution in [0.3, 0.4) is 0 Å². The monoisotopic (exact) mass is 273 g/mol. The Balaban J connectivity index is 1.77. The Morgan fingerprint density at radius 2 is 2.47 bits per heavy atom. The van der Waals surface area contributed by atoms with Crippen LogP contribution in [0.4, 0.5) is 0 Å². The Bertz CT molecular complexity index is 368. The minimum atomic E-state index is -0.501. The maximum atomic E-state index is 10.4. The molecule has 2 nitrogen and oxygen atoms in total. The standard InChI is InChI=1S/C13H20ClNOS/c1-10-3-2-4-13(16,6-10)9-15-7-12-5-11(14)8-17-12/h5,8,10,15-16H,2-4,6-7,9H2,1H3. The van der Waals surface area contributed by atoms with Crippen LogP contribution < -0.4 is 5.32 Å². The first kappa shape index (κ1) is 13.3. The third-order valence-electron chi connectivity index (χ3n) is 3.44. The van der Waals surface area contributed by atoms with E-state index < -0.39 is 5.60 Å². The molecule has 2 rings (SSSR count). The van der Waals surface area contributed by atoms with Gasteiger partial charge < -0.3 is 10.4 Å². The number of aliphatic hydroxyl groups is 1. The molecule has 1 fully saturated rings. The van der Waals surface area contributed by atoms with Crippen LogP contribution in [0.2, 0.25) is 5.02 Å². The van der Waals surface area contributed by atoms with E-state index in [2.05, 4.69) is 12.2 Å². The lowest BCUT2D eigenvalue weighted by atomic mass is 9.79. The first-order chi connectivity index (χ1) is 8.07. The van der Waals surface area contributed by atoms with Crippen LogP contribution in [0.5, 0.6) is 0 Å². The first-order valence-corrected chi connectivity index (χ1v) is 7.49. The molecule has 0 amide bonds. The average Bonchev–Trinajstić information content (AvgIpc) is 2.63. The van der Waals surface area contributed by atoms with Crippen molar-refractivity contribution in [3.05, 3.63) is 21.3 Å².